The van der Waals surface area contributed by atoms with Crippen LogP contribution in [-0.2, 0) is 4.79 Å². The lowest BCUT2D eigenvalue weighted by Gasteiger charge is -2.18. The van der Waals surface area contributed by atoms with Crippen LogP contribution in [-0.4, -0.2) is 42.4 Å². The van der Waals surface area contributed by atoms with E-state index in [1.165, 1.54) is 4.90 Å². The van der Waals surface area contributed by atoms with E-state index in [0.29, 0.717) is 22.7 Å². The van der Waals surface area contributed by atoms with Crippen molar-refractivity contribution in [1.29, 1.82) is 0 Å². The molecule has 0 aliphatic heterocycles. The van der Waals surface area contributed by atoms with E-state index < -0.39 is 0 Å². The monoisotopic (exact) mass is 377 g/mol. The molecular weight excluding hydrogens is 354 g/mol. The zero-order valence-electron chi connectivity index (χ0n) is 16.4. The van der Waals surface area contributed by atoms with Crippen molar-refractivity contribution in [1.82, 2.24) is 9.88 Å². The van der Waals surface area contributed by atoms with E-state index in [9.17, 15) is 9.59 Å². The van der Waals surface area contributed by atoms with Crippen molar-refractivity contribution in [2.75, 3.05) is 26.0 Å². The van der Waals surface area contributed by atoms with Gasteiger partial charge < -0.3 is 15.0 Å². The van der Waals surface area contributed by atoms with Crippen molar-refractivity contribution in [3.05, 3.63) is 65.4 Å². The fraction of sp³-hybridized carbons (Fsp3) is 0.227. The number of carbonyl (C=O) groups excluding carboxylic acids is 2. The number of anilines is 1. The van der Waals surface area contributed by atoms with Gasteiger partial charge >= 0.3 is 0 Å². The fourth-order valence-electron chi connectivity index (χ4n) is 2.92. The SMILES string of the molecule is COc1ccc2cc(C(=O)N(C)CC(=O)Nc3ccc(C)cc3)c(C)nc2c1. The first-order chi connectivity index (χ1) is 13.4. The van der Waals surface area contributed by atoms with Crippen LogP contribution in [0.3, 0.4) is 0 Å². The smallest absolute Gasteiger partial charge is 0.255 e. The Labute approximate surface area is 164 Å². The summed E-state index contributed by atoms with van der Waals surface area (Å²) < 4.78 is 5.22. The van der Waals surface area contributed by atoms with Gasteiger partial charge in [-0.05, 0) is 44.2 Å². The Morgan fingerprint density at radius 2 is 1.79 bits per heavy atom. The maximum atomic E-state index is 12.8. The Morgan fingerprint density at radius 3 is 2.46 bits per heavy atom. The summed E-state index contributed by atoms with van der Waals surface area (Å²) in [6.07, 6.45) is 0. The number of amides is 2. The Kier molecular flexibility index (Phi) is 5.59. The van der Waals surface area contributed by atoms with Gasteiger partial charge in [0, 0.05) is 24.2 Å². The van der Waals surface area contributed by atoms with Gasteiger partial charge in [-0.1, -0.05) is 17.7 Å². The highest BCUT2D eigenvalue weighted by Crippen LogP contribution is 2.22. The average molecular weight is 377 g/mol. The summed E-state index contributed by atoms with van der Waals surface area (Å²) in [6, 6.07) is 14.8. The summed E-state index contributed by atoms with van der Waals surface area (Å²) in [5.74, 6) is 0.209. The summed E-state index contributed by atoms with van der Waals surface area (Å²) in [7, 11) is 3.21. The van der Waals surface area contributed by atoms with Crippen LogP contribution in [0.15, 0.2) is 48.5 Å². The van der Waals surface area contributed by atoms with E-state index >= 15 is 0 Å². The van der Waals surface area contributed by atoms with Crippen LogP contribution in [0.2, 0.25) is 0 Å². The first-order valence-corrected chi connectivity index (χ1v) is 8.95. The second-order valence-corrected chi connectivity index (χ2v) is 6.76. The summed E-state index contributed by atoms with van der Waals surface area (Å²) in [5, 5.41) is 3.64. The van der Waals surface area contributed by atoms with Gasteiger partial charge in [-0.15, -0.1) is 0 Å². The third-order valence-electron chi connectivity index (χ3n) is 4.51. The number of nitrogens with one attached hydrogen (secondary N) is 1. The van der Waals surface area contributed by atoms with Crippen molar-refractivity contribution in [2.45, 2.75) is 13.8 Å². The average Bonchev–Trinajstić information content (AvgIpc) is 2.68. The fourth-order valence-corrected chi connectivity index (χ4v) is 2.92. The lowest BCUT2D eigenvalue weighted by Crippen LogP contribution is -2.35. The molecule has 0 aliphatic carbocycles. The number of aryl methyl sites for hydroxylation is 2. The van der Waals surface area contributed by atoms with E-state index in [4.69, 9.17) is 4.74 Å². The molecule has 0 radical (unpaired) electrons. The molecule has 0 spiro atoms. The molecule has 6 nitrogen and oxygen atoms in total. The molecule has 3 rings (SSSR count). The lowest BCUT2D eigenvalue weighted by molar-refractivity contribution is -0.116. The number of ether oxygens (including phenoxy) is 1. The number of hydrogen-bond donors (Lipinski definition) is 1. The maximum Gasteiger partial charge on any atom is 0.255 e. The molecule has 2 aromatic carbocycles. The van der Waals surface area contributed by atoms with E-state index in [1.54, 1.807) is 27.1 Å². The highest BCUT2D eigenvalue weighted by Gasteiger charge is 2.18. The first-order valence-electron chi connectivity index (χ1n) is 8.95. The summed E-state index contributed by atoms with van der Waals surface area (Å²) >= 11 is 0. The number of rotatable bonds is 5. The molecule has 2 amide bonds. The van der Waals surface area contributed by atoms with Crippen LogP contribution in [0.25, 0.3) is 10.9 Å². The number of likely N-dealkylation sites (N-methyl/N-ethyl adjacent to an activating group) is 1. The molecule has 6 heteroatoms. The van der Waals surface area contributed by atoms with E-state index in [1.807, 2.05) is 49.4 Å². The van der Waals surface area contributed by atoms with Crippen LogP contribution < -0.4 is 10.1 Å². The standard InChI is InChI=1S/C22H23N3O3/c1-14-5-8-17(9-6-14)24-21(26)13-25(3)22(27)19-11-16-7-10-18(28-4)12-20(16)23-15(19)2/h5-12H,13H2,1-4H3,(H,24,26). The number of nitrogens with zero attached hydrogens (tertiary/aromatic N) is 2. The highest BCUT2D eigenvalue weighted by molar-refractivity contribution is 6.01. The molecule has 1 N–H and O–H groups in total. The van der Waals surface area contributed by atoms with Crippen LogP contribution in [0.4, 0.5) is 5.69 Å². The van der Waals surface area contributed by atoms with Crippen molar-refractivity contribution < 1.29 is 14.3 Å². The summed E-state index contributed by atoms with van der Waals surface area (Å²) in [6.45, 7) is 3.72. The molecule has 0 saturated carbocycles. The van der Waals surface area contributed by atoms with Crippen molar-refractivity contribution in [3.8, 4) is 5.75 Å². The third kappa shape index (κ3) is 4.28. The van der Waals surface area contributed by atoms with Crippen molar-refractivity contribution >= 4 is 28.4 Å². The van der Waals surface area contributed by atoms with Crippen molar-refractivity contribution in [3.63, 3.8) is 0 Å². The molecule has 0 saturated heterocycles. The Balaban J connectivity index is 1.74. The zero-order valence-corrected chi connectivity index (χ0v) is 16.4. The van der Waals surface area contributed by atoms with E-state index in [0.717, 1.165) is 16.5 Å². The largest absolute Gasteiger partial charge is 0.497 e. The number of carbonyl (C=O) groups is 2. The maximum absolute atomic E-state index is 12.8. The topological polar surface area (TPSA) is 71.5 Å². The number of benzene rings is 2. The molecule has 0 unspecified atom stereocenters. The van der Waals surface area contributed by atoms with Crippen LogP contribution in [0.5, 0.6) is 5.75 Å². The molecule has 1 aromatic heterocycles. The number of methoxy groups -OCH3 is 1. The highest BCUT2D eigenvalue weighted by atomic mass is 16.5. The predicted molar refractivity (Wildman–Crippen MR) is 110 cm³/mol. The molecule has 144 valence electrons. The van der Waals surface area contributed by atoms with Gasteiger partial charge in [-0.3, -0.25) is 14.6 Å². The van der Waals surface area contributed by atoms with Gasteiger partial charge in [-0.25, -0.2) is 0 Å². The quantitative estimate of drug-likeness (QED) is 0.738. The van der Waals surface area contributed by atoms with Crippen molar-refractivity contribution in [2.24, 2.45) is 0 Å². The molecule has 0 bridgehead atoms. The van der Waals surface area contributed by atoms with Crippen LogP contribution >= 0.6 is 0 Å². The second kappa shape index (κ2) is 8.08. The number of pyridine rings is 1. The van der Waals surface area contributed by atoms with Gasteiger partial charge in [0.15, 0.2) is 0 Å². The third-order valence-corrected chi connectivity index (χ3v) is 4.51. The zero-order chi connectivity index (χ0) is 20.3. The van der Waals surface area contributed by atoms with Gasteiger partial charge in [0.1, 0.15) is 5.75 Å². The van der Waals surface area contributed by atoms with Gasteiger partial charge in [-0.2, -0.15) is 0 Å². The number of aromatic nitrogens is 1. The number of fused-ring (bicyclic) bond motifs is 1. The predicted octanol–water partition coefficient (Wildman–Crippen LogP) is 3.57. The van der Waals surface area contributed by atoms with Gasteiger partial charge in [0.2, 0.25) is 5.91 Å². The molecular formula is C22H23N3O3. The molecule has 0 fully saturated rings. The Morgan fingerprint density at radius 1 is 1.07 bits per heavy atom. The molecule has 0 aliphatic rings. The van der Waals surface area contributed by atoms with Gasteiger partial charge in [0.25, 0.3) is 5.91 Å². The van der Waals surface area contributed by atoms with Crippen LogP contribution in [0, 0.1) is 13.8 Å². The number of hydrogen-bond acceptors (Lipinski definition) is 4. The molecule has 0 atom stereocenters. The molecule has 1 heterocycles. The van der Waals surface area contributed by atoms with Gasteiger partial charge in [0.05, 0.1) is 30.4 Å². The molecule has 28 heavy (non-hydrogen) atoms. The normalized spacial score (nSPS) is 10.6. The summed E-state index contributed by atoms with van der Waals surface area (Å²) in [5.41, 5.74) is 3.66. The Hall–Kier alpha value is -3.41. The Bertz CT molecular complexity index is 1030. The van der Waals surface area contributed by atoms with Crippen LogP contribution in [0.1, 0.15) is 21.6 Å². The van der Waals surface area contributed by atoms with E-state index in [-0.39, 0.29) is 18.4 Å². The minimum Gasteiger partial charge on any atom is -0.497 e. The lowest BCUT2D eigenvalue weighted by atomic mass is 10.1. The summed E-state index contributed by atoms with van der Waals surface area (Å²) in [4.78, 5) is 31.0. The second-order valence-electron chi connectivity index (χ2n) is 6.76. The van der Waals surface area contributed by atoms with E-state index in [2.05, 4.69) is 10.3 Å². The first kappa shape index (κ1) is 19.4. The minimum atomic E-state index is -0.254. The minimum absolute atomic E-state index is 0.0488. The molecule has 3 aromatic rings.